The summed E-state index contributed by atoms with van der Waals surface area (Å²) in [4.78, 5) is 14.0. The molecule has 3 rings (SSSR count). The van der Waals surface area contributed by atoms with Crippen LogP contribution in [0.4, 0.5) is 5.69 Å². The Bertz CT molecular complexity index is 783. The van der Waals surface area contributed by atoms with Crippen molar-refractivity contribution in [1.29, 1.82) is 0 Å². The second-order valence-electron chi connectivity index (χ2n) is 7.11. The molecule has 1 aromatic heterocycles. The number of aromatic nitrogens is 1. The van der Waals surface area contributed by atoms with Crippen LogP contribution in [0.25, 0.3) is 0 Å². The Morgan fingerprint density at radius 3 is 2.52 bits per heavy atom. The first-order valence-corrected chi connectivity index (χ1v) is 9.77. The quantitative estimate of drug-likeness (QED) is 0.662. The van der Waals surface area contributed by atoms with Gasteiger partial charge in [-0.3, -0.25) is 0 Å². The van der Waals surface area contributed by atoms with Crippen molar-refractivity contribution in [2.45, 2.75) is 41.2 Å². The number of piperazine rings is 1. The number of nitrogens with zero attached hydrogens (tertiary/aromatic N) is 4. The van der Waals surface area contributed by atoms with E-state index in [4.69, 9.17) is 9.41 Å². The third-order valence-electron chi connectivity index (χ3n) is 5.27. The average molecular weight is 370 g/mol. The van der Waals surface area contributed by atoms with Gasteiger partial charge >= 0.3 is 0 Å². The Morgan fingerprint density at radius 2 is 1.89 bits per heavy atom. The summed E-state index contributed by atoms with van der Waals surface area (Å²) in [5.74, 6) is 2.48. The third-order valence-corrected chi connectivity index (χ3v) is 5.27. The van der Waals surface area contributed by atoms with Crippen LogP contribution < -0.4 is 10.2 Å². The standard InChI is InChI=1S/C21H31N5O/c1-6-22-21(23-14-20-24-17(4)18(5)27-20)26-12-10-25(11-13-26)19-9-7-8-15(2)16(19)3/h7-9H,6,10-14H2,1-5H3,(H,22,23). The highest BCUT2D eigenvalue weighted by atomic mass is 16.4. The number of aryl methyl sites for hydroxylation is 3. The van der Waals surface area contributed by atoms with Crippen LogP contribution in [-0.2, 0) is 6.54 Å². The molecule has 6 heteroatoms. The maximum absolute atomic E-state index is 5.66. The van der Waals surface area contributed by atoms with Crippen molar-refractivity contribution in [3.63, 3.8) is 0 Å². The molecule has 27 heavy (non-hydrogen) atoms. The fraction of sp³-hybridized carbons (Fsp3) is 0.524. The van der Waals surface area contributed by atoms with E-state index in [1.165, 1.54) is 16.8 Å². The predicted octanol–water partition coefficient (Wildman–Crippen LogP) is 3.20. The molecule has 1 aliphatic rings. The number of aliphatic imine (C=N–C) groups is 1. The van der Waals surface area contributed by atoms with Gasteiger partial charge < -0.3 is 19.5 Å². The van der Waals surface area contributed by atoms with E-state index in [0.29, 0.717) is 12.4 Å². The van der Waals surface area contributed by atoms with Crippen molar-refractivity contribution in [2.24, 2.45) is 4.99 Å². The van der Waals surface area contributed by atoms with E-state index in [0.717, 1.165) is 50.1 Å². The molecule has 0 unspecified atom stereocenters. The minimum Gasteiger partial charge on any atom is -0.444 e. The van der Waals surface area contributed by atoms with E-state index in [-0.39, 0.29) is 0 Å². The molecule has 6 nitrogen and oxygen atoms in total. The minimum atomic E-state index is 0.466. The van der Waals surface area contributed by atoms with Gasteiger partial charge in [0.2, 0.25) is 5.89 Å². The number of benzene rings is 1. The molecule has 2 aromatic rings. The molecule has 0 saturated carbocycles. The summed E-state index contributed by atoms with van der Waals surface area (Å²) in [7, 11) is 0. The van der Waals surface area contributed by atoms with E-state index in [1.807, 2.05) is 13.8 Å². The van der Waals surface area contributed by atoms with Crippen molar-refractivity contribution in [1.82, 2.24) is 15.2 Å². The number of guanidine groups is 1. The predicted molar refractivity (Wildman–Crippen MR) is 110 cm³/mol. The van der Waals surface area contributed by atoms with Crippen molar-refractivity contribution >= 4 is 11.6 Å². The van der Waals surface area contributed by atoms with Gasteiger partial charge in [0.1, 0.15) is 12.3 Å². The van der Waals surface area contributed by atoms with Crippen LogP contribution in [-0.4, -0.2) is 48.6 Å². The van der Waals surface area contributed by atoms with E-state index < -0.39 is 0 Å². The summed E-state index contributed by atoms with van der Waals surface area (Å²) < 4.78 is 5.66. The van der Waals surface area contributed by atoms with E-state index in [1.54, 1.807) is 0 Å². The highest BCUT2D eigenvalue weighted by molar-refractivity contribution is 5.80. The maximum atomic E-state index is 5.66. The van der Waals surface area contributed by atoms with E-state index >= 15 is 0 Å². The lowest BCUT2D eigenvalue weighted by Crippen LogP contribution is -2.52. The van der Waals surface area contributed by atoms with Gasteiger partial charge in [-0.1, -0.05) is 12.1 Å². The van der Waals surface area contributed by atoms with Gasteiger partial charge in [0.15, 0.2) is 5.96 Å². The van der Waals surface area contributed by atoms with Crippen LogP contribution in [0.3, 0.4) is 0 Å². The Hall–Kier alpha value is -2.50. The van der Waals surface area contributed by atoms with Gasteiger partial charge in [0.05, 0.1) is 5.69 Å². The molecule has 1 saturated heterocycles. The van der Waals surface area contributed by atoms with Crippen molar-refractivity contribution in [3.05, 3.63) is 46.7 Å². The molecule has 1 N–H and O–H groups in total. The number of rotatable bonds is 4. The largest absolute Gasteiger partial charge is 0.444 e. The SMILES string of the molecule is CCNC(=NCc1nc(C)c(C)o1)N1CCN(c2cccc(C)c2C)CC1. The highest BCUT2D eigenvalue weighted by Crippen LogP contribution is 2.23. The maximum Gasteiger partial charge on any atom is 0.216 e. The molecular formula is C21H31N5O. The van der Waals surface area contributed by atoms with Crippen molar-refractivity contribution in [2.75, 3.05) is 37.6 Å². The Morgan fingerprint density at radius 1 is 1.15 bits per heavy atom. The fourth-order valence-corrected chi connectivity index (χ4v) is 3.41. The third kappa shape index (κ3) is 4.43. The van der Waals surface area contributed by atoms with Crippen molar-refractivity contribution in [3.8, 4) is 0 Å². The summed E-state index contributed by atoms with van der Waals surface area (Å²) in [6, 6.07) is 6.55. The Kier molecular flexibility index (Phi) is 6.04. The lowest BCUT2D eigenvalue weighted by molar-refractivity contribution is 0.371. The minimum absolute atomic E-state index is 0.466. The molecule has 1 aliphatic heterocycles. The molecule has 0 bridgehead atoms. The monoisotopic (exact) mass is 369 g/mol. The zero-order chi connectivity index (χ0) is 19.4. The molecule has 0 aliphatic carbocycles. The number of oxazole rings is 1. The van der Waals surface area contributed by atoms with Gasteiger partial charge in [-0.25, -0.2) is 9.98 Å². The molecule has 1 fully saturated rings. The fourth-order valence-electron chi connectivity index (χ4n) is 3.41. The second kappa shape index (κ2) is 8.46. The summed E-state index contributed by atoms with van der Waals surface area (Å²) >= 11 is 0. The first-order chi connectivity index (χ1) is 13.0. The van der Waals surface area contributed by atoms with E-state index in [2.05, 4.69) is 59.1 Å². The van der Waals surface area contributed by atoms with Crippen LogP contribution >= 0.6 is 0 Å². The molecule has 0 radical (unpaired) electrons. The van der Waals surface area contributed by atoms with Gasteiger partial charge in [-0.15, -0.1) is 0 Å². The summed E-state index contributed by atoms with van der Waals surface area (Å²) in [6.07, 6.45) is 0. The number of anilines is 1. The lowest BCUT2D eigenvalue weighted by Gasteiger charge is -2.38. The summed E-state index contributed by atoms with van der Waals surface area (Å²) in [5, 5.41) is 3.41. The Balaban J connectivity index is 1.66. The first-order valence-electron chi connectivity index (χ1n) is 9.77. The molecule has 0 spiro atoms. The zero-order valence-electron chi connectivity index (χ0n) is 17.2. The molecule has 2 heterocycles. The zero-order valence-corrected chi connectivity index (χ0v) is 17.2. The molecule has 0 atom stereocenters. The Labute approximate surface area is 162 Å². The number of hydrogen-bond acceptors (Lipinski definition) is 4. The van der Waals surface area contributed by atoms with Gasteiger partial charge in [-0.05, 0) is 51.8 Å². The summed E-state index contributed by atoms with van der Waals surface area (Å²) in [6.45, 7) is 15.6. The van der Waals surface area contributed by atoms with E-state index in [9.17, 15) is 0 Å². The average Bonchev–Trinajstić information content (AvgIpc) is 2.99. The lowest BCUT2D eigenvalue weighted by atomic mass is 10.1. The van der Waals surface area contributed by atoms with Gasteiger partial charge in [0, 0.05) is 38.4 Å². The van der Waals surface area contributed by atoms with Crippen LogP contribution in [0.5, 0.6) is 0 Å². The number of hydrogen-bond donors (Lipinski definition) is 1. The first kappa shape index (κ1) is 19.3. The van der Waals surface area contributed by atoms with Crippen molar-refractivity contribution < 1.29 is 4.42 Å². The van der Waals surface area contributed by atoms with Gasteiger partial charge in [-0.2, -0.15) is 0 Å². The molecule has 1 aromatic carbocycles. The normalized spacial score (nSPS) is 15.4. The molecule has 146 valence electrons. The van der Waals surface area contributed by atoms with Gasteiger partial charge in [0.25, 0.3) is 0 Å². The van der Waals surface area contributed by atoms with Crippen LogP contribution in [0, 0.1) is 27.7 Å². The van der Waals surface area contributed by atoms with Crippen LogP contribution in [0.15, 0.2) is 27.6 Å². The smallest absolute Gasteiger partial charge is 0.216 e. The second-order valence-corrected chi connectivity index (χ2v) is 7.11. The molecule has 0 amide bonds. The van der Waals surface area contributed by atoms with Crippen LogP contribution in [0.1, 0.15) is 35.4 Å². The van der Waals surface area contributed by atoms with Crippen LogP contribution in [0.2, 0.25) is 0 Å². The summed E-state index contributed by atoms with van der Waals surface area (Å²) in [5.41, 5.74) is 5.01. The number of nitrogens with one attached hydrogen (secondary N) is 1. The topological polar surface area (TPSA) is 56.9 Å². The molecular weight excluding hydrogens is 338 g/mol. The highest BCUT2D eigenvalue weighted by Gasteiger charge is 2.21.